The summed E-state index contributed by atoms with van der Waals surface area (Å²) in [4.78, 5) is 45.8. The number of carbonyl (C=O) groups excluding carboxylic acids is 3. The van der Waals surface area contributed by atoms with Gasteiger partial charge in [0.2, 0.25) is 5.91 Å². The van der Waals surface area contributed by atoms with Crippen molar-refractivity contribution in [3.8, 4) is 0 Å². The summed E-state index contributed by atoms with van der Waals surface area (Å²) in [5, 5.41) is 0. The zero-order chi connectivity index (χ0) is 17.8. The second kappa shape index (κ2) is 7.25. The first-order valence-corrected chi connectivity index (χ1v) is 8.09. The highest BCUT2D eigenvalue weighted by molar-refractivity contribution is 6.42. The first-order chi connectivity index (χ1) is 12.1. The van der Waals surface area contributed by atoms with Gasteiger partial charge in [0.25, 0.3) is 11.7 Å². The number of aromatic nitrogens is 3. The third-order valence-electron chi connectivity index (χ3n) is 4.27. The molecule has 3 heterocycles. The molecule has 0 aromatic carbocycles. The Morgan fingerprint density at radius 1 is 1.28 bits per heavy atom. The molecular formula is C17H19N5O3. The summed E-state index contributed by atoms with van der Waals surface area (Å²) in [6.45, 7) is 0.965. The molecule has 1 atom stereocenters. The van der Waals surface area contributed by atoms with E-state index in [1.165, 1.54) is 6.20 Å². The molecule has 0 spiro atoms. The predicted octanol–water partition coefficient (Wildman–Crippen LogP) is 0.352. The molecule has 0 aliphatic carbocycles. The first-order valence-electron chi connectivity index (χ1n) is 8.09. The van der Waals surface area contributed by atoms with Gasteiger partial charge in [0, 0.05) is 49.4 Å². The molecule has 1 fully saturated rings. The molecule has 25 heavy (non-hydrogen) atoms. The maximum Gasteiger partial charge on any atom is 0.295 e. The lowest BCUT2D eigenvalue weighted by molar-refractivity contribution is -0.127. The zero-order valence-electron chi connectivity index (χ0n) is 13.7. The van der Waals surface area contributed by atoms with Crippen molar-refractivity contribution in [1.82, 2.24) is 19.4 Å². The molecule has 2 N–H and O–H groups in total. The molecule has 1 aliphatic heterocycles. The number of carbonyl (C=O) groups is 3. The Bertz CT molecular complexity index is 787. The smallest absolute Gasteiger partial charge is 0.295 e. The Labute approximate surface area is 144 Å². The van der Waals surface area contributed by atoms with Crippen LogP contribution in [0.1, 0.15) is 34.9 Å². The van der Waals surface area contributed by atoms with Crippen LogP contribution >= 0.6 is 0 Å². The van der Waals surface area contributed by atoms with E-state index in [1.807, 2.05) is 0 Å². The van der Waals surface area contributed by atoms with Gasteiger partial charge in [-0.2, -0.15) is 0 Å². The van der Waals surface area contributed by atoms with Gasteiger partial charge < -0.3 is 15.2 Å². The van der Waals surface area contributed by atoms with Crippen LogP contribution < -0.4 is 5.73 Å². The van der Waals surface area contributed by atoms with E-state index in [4.69, 9.17) is 5.73 Å². The lowest BCUT2D eigenvalue weighted by atomic mass is 9.96. The number of imidazole rings is 1. The number of piperidine rings is 1. The number of Topliss-reactive ketones (excluding diaryl/α,β-unsaturated/α-hetero) is 1. The van der Waals surface area contributed by atoms with E-state index in [0.717, 1.165) is 12.8 Å². The topological polar surface area (TPSA) is 111 Å². The van der Waals surface area contributed by atoms with E-state index in [2.05, 4.69) is 9.97 Å². The van der Waals surface area contributed by atoms with Crippen LogP contribution in [0, 0.1) is 0 Å². The van der Waals surface area contributed by atoms with Crippen LogP contribution in [-0.4, -0.2) is 50.1 Å². The van der Waals surface area contributed by atoms with Gasteiger partial charge in [-0.15, -0.1) is 0 Å². The highest BCUT2D eigenvalue weighted by Gasteiger charge is 2.31. The fourth-order valence-electron chi connectivity index (χ4n) is 3.12. The normalized spacial score (nSPS) is 17.3. The minimum Gasteiger partial charge on any atom is -0.368 e. The minimum absolute atomic E-state index is 0.0336. The molecule has 1 saturated heterocycles. The highest BCUT2D eigenvalue weighted by atomic mass is 16.2. The van der Waals surface area contributed by atoms with Crippen molar-refractivity contribution in [1.29, 1.82) is 0 Å². The molecule has 8 nitrogen and oxygen atoms in total. The molecule has 8 heteroatoms. The van der Waals surface area contributed by atoms with E-state index < -0.39 is 17.6 Å². The van der Waals surface area contributed by atoms with Gasteiger partial charge >= 0.3 is 0 Å². The number of rotatable bonds is 5. The van der Waals surface area contributed by atoms with Crippen LogP contribution in [0.15, 0.2) is 36.9 Å². The molecule has 2 amide bonds. The van der Waals surface area contributed by atoms with E-state index >= 15 is 0 Å². The van der Waals surface area contributed by atoms with Gasteiger partial charge in [-0.3, -0.25) is 19.4 Å². The van der Waals surface area contributed by atoms with Crippen molar-refractivity contribution in [3.05, 3.63) is 48.3 Å². The number of pyridine rings is 1. The zero-order valence-corrected chi connectivity index (χ0v) is 13.7. The SMILES string of the molecule is NC(=O)Cn1ccnc1C1CCCN(C(=O)C(=O)c2cccnc2)C1. The Hall–Kier alpha value is -3.03. The Balaban J connectivity index is 1.73. The second-order valence-corrected chi connectivity index (χ2v) is 6.04. The summed E-state index contributed by atoms with van der Waals surface area (Å²) < 4.78 is 1.70. The van der Waals surface area contributed by atoms with Crippen molar-refractivity contribution < 1.29 is 14.4 Å². The van der Waals surface area contributed by atoms with Crippen molar-refractivity contribution in [3.63, 3.8) is 0 Å². The summed E-state index contributed by atoms with van der Waals surface area (Å²) in [7, 11) is 0. The lowest BCUT2D eigenvalue weighted by Crippen LogP contribution is -2.43. The molecule has 3 rings (SSSR count). The number of primary amides is 1. The van der Waals surface area contributed by atoms with E-state index in [1.54, 1.807) is 40.2 Å². The van der Waals surface area contributed by atoms with Crippen LogP contribution in [0.5, 0.6) is 0 Å². The fourth-order valence-corrected chi connectivity index (χ4v) is 3.12. The van der Waals surface area contributed by atoms with Crippen molar-refractivity contribution in [2.45, 2.75) is 25.3 Å². The third-order valence-corrected chi connectivity index (χ3v) is 4.27. The monoisotopic (exact) mass is 341 g/mol. The van der Waals surface area contributed by atoms with Crippen LogP contribution in [0.25, 0.3) is 0 Å². The summed E-state index contributed by atoms with van der Waals surface area (Å²) >= 11 is 0. The molecule has 1 unspecified atom stereocenters. The standard InChI is InChI=1S/C17H19N5O3/c18-14(23)11-21-8-6-20-16(21)13-4-2-7-22(10-13)17(25)15(24)12-3-1-5-19-9-12/h1,3,5-6,8-9,13H,2,4,7,10-11H2,(H2,18,23). The molecule has 130 valence electrons. The molecule has 0 radical (unpaired) electrons. The van der Waals surface area contributed by atoms with Gasteiger partial charge in [0.05, 0.1) is 0 Å². The lowest BCUT2D eigenvalue weighted by Gasteiger charge is -2.32. The molecule has 0 bridgehead atoms. The Morgan fingerprint density at radius 3 is 2.84 bits per heavy atom. The summed E-state index contributed by atoms with van der Waals surface area (Å²) in [6, 6.07) is 3.20. The highest BCUT2D eigenvalue weighted by Crippen LogP contribution is 2.26. The van der Waals surface area contributed by atoms with Crippen molar-refractivity contribution in [2.24, 2.45) is 5.73 Å². The average molecular weight is 341 g/mol. The van der Waals surface area contributed by atoms with E-state index in [-0.39, 0.29) is 18.0 Å². The number of hydrogen-bond acceptors (Lipinski definition) is 5. The van der Waals surface area contributed by atoms with E-state index in [0.29, 0.717) is 18.9 Å². The number of ketones is 1. The number of likely N-dealkylation sites (tertiary alicyclic amines) is 1. The fraction of sp³-hybridized carbons (Fsp3) is 0.353. The summed E-state index contributed by atoms with van der Waals surface area (Å²) in [6.07, 6.45) is 7.85. The van der Waals surface area contributed by atoms with Gasteiger partial charge in [-0.25, -0.2) is 4.98 Å². The van der Waals surface area contributed by atoms with Crippen LogP contribution in [-0.2, 0) is 16.1 Å². The Morgan fingerprint density at radius 2 is 2.12 bits per heavy atom. The minimum atomic E-state index is -0.561. The number of amides is 2. The first kappa shape index (κ1) is 16.8. The van der Waals surface area contributed by atoms with Crippen molar-refractivity contribution >= 4 is 17.6 Å². The number of hydrogen-bond donors (Lipinski definition) is 1. The largest absolute Gasteiger partial charge is 0.368 e. The average Bonchev–Trinajstić information content (AvgIpc) is 3.08. The summed E-state index contributed by atoms with van der Waals surface area (Å²) in [5.74, 6) is -0.867. The van der Waals surface area contributed by atoms with Gasteiger partial charge in [-0.1, -0.05) is 0 Å². The number of nitrogens with two attached hydrogens (primary N) is 1. The summed E-state index contributed by atoms with van der Waals surface area (Å²) in [5.41, 5.74) is 5.54. The molecule has 0 saturated carbocycles. The molecular weight excluding hydrogens is 322 g/mol. The van der Waals surface area contributed by atoms with Crippen LogP contribution in [0.2, 0.25) is 0 Å². The third kappa shape index (κ3) is 3.73. The molecule has 2 aromatic heterocycles. The molecule has 1 aliphatic rings. The second-order valence-electron chi connectivity index (χ2n) is 6.04. The maximum absolute atomic E-state index is 12.5. The van der Waals surface area contributed by atoms with Gasteiger partial charge in [-0.05, 0) is 25.0 Å². The van der Waals surface area contributed by atoms with Crippen LogP contribution in [0.3, 0.4) is 0 Å². The van der Waals surface area contributed by atoms with Crippen molar-refractivity contribution in [2.75, 3.05) is 13.1 Å². The maximum atomic E-state index is 12.5. The van der Waals surface area contributed by atoms with Crippen LogP contribution in [0.4, 0.5) is 0 Å². The van der Waals surface area contributed by atoms with Gasteiger partial charge in [0.15, 0.2) is 0 Å². The van der Waals surface area contributed by atoms with E-state index in [9.17, 15) is 14.4 Å². The van der Waals surface area contributed by atoms with Gasteiger partial charge in [0.1, 0.15) is 12.4 Å². The quantitative estimate of drug-likeness (QED) is 0.623. The predicted molar refractivity (Wildman–Crippen MR) is 88.5 cm³/mol. The Kier molecular flexibility index (Phi) is 4.87. The number of nitrogens with zero attached hydrogens (tertiary/aromatic N) is 4. The molecule has 2 aromatic rings.